The van der Waals surface area contributed by atoms with E-state index in [9.17, 15) is 9.59 Å². The van der Waals surface area contributed by atoms with Gasteiger partial charge in [-0.1, -0.05) is 21.2 Å². The van der Waals surface area contributed by atoms with Crippen LogP contribution in [0.25, 0.3) is 0 Å². The number of urea groups is 1. The number of hydrogen-bond donors (Lipinski definition) is 3. The molecular formula is C9H6ClN5O3S. The van der Waals surface area contributed by atoms with Crippen LogP contribution in [0.15, 0.2) is 18.2 Å². The van der Waals surface area contributed by atoms with Crippen molar-refractivity contribution in [2.75, 3.05) is 10.6 Å². The highest BCUT2D eigenvalue weighted by Gasteiger charge is 2.11. The van der Waals surface area contributed by atoms with Gasteiger partial charge in [-0.05, 0) is 23.4 Å². The summed E-state index contributed by atoms with van der Waals surface area (Å²) >= 11 is 6.69. The molecule has 98 valence electrons. The number of anilines is 2. The van der Waals surface area contributed by atoms with Gasteiger partial charge < -0.3 is 10.4 Å². The average Bonchev–Trinajstić information content (AvgIpc) is 2.81. The number of rotatable bonds is 3. The number of carboxylic acids is 1. The molecule has 0 saturated carbocycles. The van der Waals surface area contributed by atoms with Crippen LogP contribution in [-0.4, -0.2) is 31.9 Å². The van der Waals surface area contributed by atoms with Gasteiger partial charge in [0.2, 0.25) is 5.13 Å². The third kappa shape index (κ3) is 3.36. The number of nitrogens with zero attached hydrogens (tertiary/aromatic N) is 3. The van der Waals surface area contributed by atoms with Gasteiger partial charge in [0.05, 0.1) is 10.6 Å². The van der Waals surface area contributed by atoms with E-state index in [1.54, 1.807) is 0 Å². The van der Waals surface area contributed by atoms with E-state index in [1.165, 1.54) is 18.2 Å². The van der Waals surface area contributed by atoms with Gasteiger partial charge in [0.15, 0.2) is 0 Å². The Kier molecular flexibility index (Phi) is 3.88. The monoisotopic (exact) mass is 299 g/mol. The number of benzene rings is 1. The number of carbonyl (C=O) groups excluding carboxylic acids is 1. The molecule has 1 aromatic carbocycles. The minimum absolute atomic E-state index is 0.0304. The van der Waals surface area contributed by atoms with Crippen molar-refractivity contribution >= 4 is 46.0 Å². The molecule has 0 radical (unpaired) electrons. The summed E-state index contributed by atoms with van der Waals surface area (Å²) in [5.41, 5.74) is 0.311. The number of halogens is 1. The Morgan fingerprint density at radius 2 is 2.11 bits per heavy atom. The lowest BCUT2D eigenvalue weighted by atomic mass is 10.2. The number of carbonyl (C=O) groups is 2. The highest BCUT2D eigenvalue weighted by Crippen LogP contribution is 2.21. The predicted octanol–water partition coefficient (Wildman–Crippen LogP) is 1.93. The van der Waals surface area contributed by atoms with Crippen LogP contribution in [0.3, 0.4) is 0 Å². The second kappa shape index (κ2) is 5.59. The molecule has 0 bridgehead atoms. The molecule has 2 amide bonds. The Bertz CT molecular complexity index is 618. The Morgan fingerprint density at radius 1 is 1.32 bits per heavy atom. The topological polar surface area (TPSA) is 117 Å². The summed E-state index contributed by atoms with van der Waals surface area (Å²) in [5, 5.41) is 20.8. The van der Waals surface area contributed by atoms with E-state index in [0.717, 1.165) is 11.5 Å². The molecule has 0 saturated heterocycles. The minimum Gasteiger partial charge on any atom is -0.478 e. The van der Waals surface area contributed by atoms with E-state index in [0.29, 0.717) is 5.69 Å². The zero-order valence-electron chi connectivity index (χ0n) is 9.12. The Balaban J connectivity index is 2.05. The molecule has 0 aliphatic heterocycles. The fourth-order valence-electron chi connectivity index (χ4n) is 1.21. The van der Waals surface area contributed by atoms with Crippen molar-refractivity contribution in [1.29, 1.82) is 0 Å². The van der Waals surface area contributed by atoms with Crippen molar-refractivity contribution in [2.24, 2.45) is 0 Å². The van der Waals surface area contributed by atoms with Crippen LogP contribution in [0.5, 0.6) is 0 Å². The van der Waals surface area contributed by atoms with Crippen molar-refractivity contribution in [1.82, 2.24) is 14.8 Å². The molecule has 10 heteroatoms. The SMILES string of the molecule is O=C(Nc1ccc(C(=O)O)c(Cl)c1)Nc1nnns1. The molecular weight excluding hydrogens is 294 g/mol. The first-order chi connectivity index (χ1) is 9.06. The highest BCUT2D eigenvalue weighted by molar-refractivity contribution is 7.09. The van der Waals surface area contributed by atoms with Gasteiger partial charge in [-0.15, -0.1) is 0 Å². The highest BCUT2D eigenvalue weighted by atomic mass is 35.5. The molecule has 8 nitrogen and oxygen atoms in total. The summed E-state index contributed by atoms with van der Waals surface area (Å²) < 4.78 is 3.48. The first-order valence-electron chi connectivity index (χ1n) is 4.82. The van der Waals surface area contributed by atoms with Crippen LogP contribution < -0.4 is 10.6 Å². The van der Waals surface area contributed by atoms with Gasteiger partial charge in [0.1, 0.15) is 0 Å². The predicted molar refractivity (Wildman–Crippen MR) is 68.8 cm³/mol. The number of aromatic carboxylic acids is 1. The maximum atomic E-state index is 11.5. The van der Waals surface area contributed by atoms with Crippen molar-refractivity contribution in [2.45, 2.75) is 0 Å². The lowest BCUT2D eigenvalue weighted by molar-refractivity contribution is 0.0697. The standard InChI is InChI=1S/C9H6ClN5O3S/c10-6-3-4(1-2-5(6)7(16)17)11-8(18)12-9-13-14-15-19-9/h1-3H,(H,16,17)(H2,11,12,13,15,18). The van der Waals surface area contributed by atoms with Gasteiger partial charge in [0, 0.05) is 17.2 Å². The Morgan fingerprint density at radius 3 is 2.68 bits per heavy atom. The third-order valence-electron chi connectivity index (χ3n) is 1.98. The summed E-state index contributed by atoms with van der Waals surface area (Å²) in [4.78, 5) is 22.3. The Labute approximate surface area is 115 Å². The quantitative estimate of drug-likeness (QED) is 0.797. The molecule has 2 rings (SSSR count). The van der Waals surface area contributed by atoms with Crippen LogP contribution in [0.2, 0.25) is 5.02 Å². The lowest BCUT2D eigenvalue weighted by Gasteiger charge is -2.06. The Hall–Kier alpha value is -2.26. The van der Waals surface area contributed by atoms with Gasteiger partial charge in [-0.25, -0.2) is 9.59 Å². The van der Waals surface area contributed by atoms with E-state index in [2.05, 4.69) is 25.4 Å². The normalized spacial score (nSPS) is 9.95. The maximum absolute atomic E-state index is 11.5. The van der Waals surface area contributed by atoms with Gasteiger partial charge >= 0.3 is 12.0 Å². The molecule has 0 aliphatic rings. The van der Waals surface area contributed by atoms with Gasteiger partial charge in [-0.2, -0.15) is 0 Å². The van der Waals surface area contributed by atoms with E-state index in [4.69, 9.17) is 16.7 Å². The second-order valence-electron chi connectivity index (χ2n) is 3.25. The van der Waals surface area contributed by atoms with Crippen molar-refractivity contribution in [3.63, 3.8) is 0 Å². The molecule has 0 atom stereocenters. The smallest absolute Gasteiger partial charge is 0.337 e. The summed E-state index contributed by atoms with van der Waals surface area (Å²) in [7, 11) is 0. The summed E-state index contributed by atoms with van der Waals surface area (Å²) in [6, 6.07) is 3.50. The van der Waals surface area contributed by atoms with Crippen LogP contribution in [-0.2, 0) is 0 Å². The molecule has 1 aromatic heterocycles. The number of aromatic nitrogens is 3. The van der Waals surface area contributed by atoms with Crippen LogP contribution in [0, 0.1) is 0 Å². The molecule has 1 heterocycles. The number of carboxylic acid groups (broad SMARTS) is 1. The molecule has 0 aliphatic carbocycles. The first-order valence-corrected chi connectivity index (χ1v) is 5.97. The molecule has 0 fully saturated rings. The average molecular weight is 300 g/mol. The number of amides is 2. The molecule has 2 aromatic rings. The lowest BCUT2D eigenvalue weighted by Crippen LogP contribution is -2.19. The van der Waals surface area contributed by atoms with Crippen LogP contribution in [0.1, 0.15) is 10.4 Å². The van der Waals surface area contributed by atoms with E-state index < -0.39 is 12.0 Å². The van der Waals surface area contributed by atoms with Crippen LogP contribution >= 0.6 is 23.1 Å². The maximum Gasteiger partial charge on any atom is 0.337 e. The molecule has 19 heavy (non-hydrogen) atoms. The van der Waals surface area contributed by atoms with Crippen molar-refractivity contribution in [3.05, 3.63) is 28.8 Å². The summed E-state index contributed by atoms with van der Waals surface area (Å²) in [6.07, 6.45) is 0. The van der Waals surface area contributed by atoms with Gasteiger partial charge in [-0.3, -0.25) is 5.32 Å². The molecule has 3 N–H and O–H groups in total. The number of nitrogens with one attached hydrogen (secondary N) is 2. The third-order valence-corrected chi connectivity index (χ3v) is 2.80. The summed E-state index contributed by atoms with van der Waals surface area (Å²) in [6.45, 7) is 0. The van der Waals surface area contributed by atoms with Crippen molar-refractivity contribution in [3.8, 4) is 0 Å². The number of hydrogen-bond acceptors (Lipinski definition) is 6. The fraction of sp³-hybridized carbons (Fsp3) is 0. The largest absolute Gasteiger partial charge is 0.478 e. The first kappa shape index (κ1) is 13.2. The van der Waals surface area contributed by atoms with E-state index >= 15 is 0 Å². The molecule has 0 spiro atoms. The van der Waals surface area contributed by atoms with E-state index in [1.807, 2.05) is 0 Å². The molecule has 0 unspecified atom stereocenters. The zero-order valence-corrected chi connectivity index (χ0v) is 10.7. The van der Waals surface area contributed by atoms with Gasteiger partial charge in [0.25, 0.3) is 0 Å². The summed E-state index contributed by atoms with van der Waals surface area (Å²) in [5.74, 6) is -1.14. The van der Waals surface area contributed by atoms with E-state index in [-0.39, 0.29) is 15.7 Å². The van der Waals surface area contributed by atoms with Crippen LogP contribution in [0.4, 0.5) is 15.6 Å². The van der Waals surface area contributed by atoms with Crippen molar-refractivity contribution < 1.29 is 14.7 Å². The fourth-order valence-corrected chi connectivity index (χ4v) is 1.83. The zero-order chi connectivity index (χ0) is 13.8. The second-order valence-corrected chi connectivity index (χ2v) is 4.39. The minimum atomic E-state index is -1.14.